The van der Waals surface area contributed by atoms with Gasteiger partial charge in [-0.3, -0.25) is 0 Å². The highest BCUT2D eigenvalue weighted by molar-refractivity contribution is 7.89. The lowest BCUT2D eigenvalue weighted by molar-refractivity contribution is 0.220. The second-order valence-corrected chi connectivity index (χ2v) is 8.10. The number of hydrogen-bond donors (Lipinski definition) is 0. The average molecular weight is 334 g/mol. The van der Waals surface area contributed by atoms with Crippen molar-refractivity contribution in [2.24, 2.45) is 5.92 Å². The Balaban J connectivity index is 2.42. The van der Waals surface area contributed by atoms with Gasteiger partial charge < -0.3 is 0 Å². The SMILES string of the molecule is Cc1cc(S(=O)(=O)N2CCC(C)CC2C)cc(CCl)c1F. The van der Waals surface area contributed by atoms with Crippen LogP contribution in [0.1, 0.15) is 37.8 Å². The molecule has 0 radical (unpaired) electrons. The molecule has 2 atom stereocenters. The van der Waals surface area contributed by atoms with Crippen LogP contribution in [0.5, 0.6) is 0 Å². The molecule has 0 amide bonds. The van der Waals surface area contributed by atoms with Gasteiger partial charge in [0.2, 0.25) is 10.0 Å². The van der Waals surface area contributed by atoms with Crippen molar-refractivity contribution in [3.8, 4) is 0 Å². The first kappa shape index (κ1) is 16.7. The van der Waals surface area contributed by atoms with Crippen LogP contribution in [0.4, 0.5) is 4.39 Å². The second kappa shape index (κ2) is 6.23. The largest absolute Gasteiger partial charge is 0.243 e. The number of aryl methyl sites for hydroxylation is 1. The van der Waals surface area contributed by atoms with E-state index in [1.807, 2.05) is 6.92 Å². The molecule has 6 heteroatoms. The van der Waals surface area contributed by atoms with Gasteiger partial charge in [0, 0.05) is 18.2 Å². The monoisotopic (exact) mass is 333 g/mol. The Labute approximate surface area is 131 Å². The van der Waals surface area contributed by atoms with Gasteiger partial charge in [0.05, 0.1) is 10.8 Å². The van der Waals surface area contributed by atoms with Gasteiger partial charge in [-0.05, 0) is 50.3 Å². The Kier molecular flexibility index (Phi) is 4.96. The molecule has 0 saturated carbocycles. The van der Waals surface area contributed by atoms with E-state index in [1.54, 1.807) is 6.92 Å². The smallest absolute Gasteiger partial charge is 0.207 e. The Hall–Kier alpha value is -0.650. The Morgan fingerprint density at radius 2 is 2.05 bits per heavy atom. The molecule has 0 aliphatic carbocycles. The third-order valence-corrected chi connectivity index (χ3v) is 6.41. The molecule has 21 heavy (non-hydrogen) atoms. The topological polar surface area (TPSA) is 37.4 Å². The van der Waals surface area contributed by atoms with Crippen LogP contribution in [0.2, 0.25) is 0 Å². The third-order valence-electron chi connectivity index (χ3n) is 4.13. The van der Waals surface area contributed by atoms with Gasteiger partial charge >= 0.3 is 0 Å². The molecule has 1 aliphatic rings. The molecule has 1 aromatic rings. The van der Waals surface area contributed by atoms with Crippen molar-refractivity contribution in [1.82, 2.24) is 4.31 Å². The van der Waals surface area contributed by atoms with Gasteiger partial charge in [-0.1, -0.05) is 6.92 Å². The highest BCUT2D eigenvalue weighted by atomic mass is 35.5. The van der Waals surface area contributed by atoms with Crippen LogP contribution < -0.4 is 0 Å². The summed E-state index contributed by atoms with van der Waals surface area (Å²) in [6, 6.07) is 2.71. The maximum Gasteiger partial charge on any atom is 0.243 e. The van der Waals surface area contributed by atoms with Gasteiger partial charge in [0.15, 0.2) is 0 Å². The predicted molar refractivity (Wildman–Crippen MR) is 82.4 cm³/mol. The van der Waals surface area contributed by atoms with E-state index in [-0.39, 0.29) is 22.4 Å². The number of alkyl halides is 1. The molecule has 0 bridgehead atoms. The minimum absolute atomic E-state index is 0.0384. The van der Waals surface area contributed by atoms with Crippen molar-refractivity contribution in [1.29, 1.82) is 0 Å². The average Bonchev–Trinajstić information content (AvgIpc) is 2.41. The highest BCUT2D eigenvalue weighted by Crippen LogP contribution is 2.30. The summed E-state index contributed by atoms with van der Waals surface area (Å²) < 4.78 is 41.0. The summed E-state index contributed by atoms with van der Waals surface area (Å²) in [6.07, 6.45) is 1.70. The van der Waals surface area contributed by atoms with Crippen molar-refractivity contribution in [2.45, 2.75) is 50.4 Å². The van der Waals surface area contributed by atoms with E-state index in [9.17, 15) is 12.8 Å². The summed E-state index contributed by atoms with van der Waals surface area (Å²) in [5, 5.41) is 0. The quantitative estimate of drug-likeness (QED) is 0.791. The molecular weight excluding hydrogens is 313 g/mol. The lowest BCUT2D eigenvalue weighted by Gasteiger charge is -2.35. The second-order valence-electron chi connectivity index (χ2n) is 5.94. The molecule has 1 fully saturated rings. The van der Waals surface area contributed by atoms with Gasteiger partial charge in [0.25, 0.3) is 0 Å². The van der Waals surface area contributed by atoms with Crippen molar-refractivity contribution in [3.63, 3.8) is 0 Å². The summed E-state index contributed by atoms with van der Waals surface area (Å²) in [7, 11) is -3.60. The summed E-state index contributed by atoms with van der Waals surface area (Å²) in [5.41, 5.74) is 0.540. The molecule has 1 aromatic carbocycles. The minimum atomic E-state index is -3.60. The Bertz CT molecular complexity index is 633. The molecule has 2 unspecified atom stereocenters. The standard InChI is InChI=1S/C15H21ClFNO2S/c1-10-4-5-18(12(3)6-10)21(19,20)14-7-11(2)15(17)13(8-14)9-16/h7-8,10,12H,4-6,9H2,1-3H3. The molecular formula is C15H21ClFNO2S. The summed E-state index contributed by atoms with van der Waals surface area (Å²) >= 11 is 5.71. The first-order valence-electron chi connectivity index (χ1n) is 7.14. The van der Waals surface area contributed by atoms with Crippen molar-refractivity contribution in [2.75, 3.05) is 6.54 Å². The number of rotatable bonds is 3. The lowest BCUT2D eigenvalue weighted by Crippen LogP contribution is -2.44. The van der Waals surface area contributed by atoms with Gasteiger partial charge in [-0.2, -0.15) is 4.31 Å². The van der Waals surface area contributed by atoms with Gasteiger partial charge in [0.1, 0.15) is 5.82 Å². The van der Waals surface area contributed by atoms with Crippen LogP contribution in [0.25, 0.3) is 0 Å². The maximum atomic E-state index is 13.8. The van der Waals surface area contributed by atoms with E-state index in [4.69, 9.17) is 11.6 Å². The number of hydrogen-bond acceptors (Lipinski definition) is 2. The summed E-state index contributed by atoms with van der Waals surface area (Å²) in [5.74, 6) is 0.0619. The van der Waals surface area contributed by atoms with Gasteiger partial charge in [-0.25, -0.2) is 12.8 Å². The maximum absolute atomic E-state index is 13.8. The van der Waals surface area contributed by atoms with E-state index in [0.717, 1.165) is 12.8 Å². The molecule has 1 heterocycles. The van der Waals surface area contributed by atoms with E-state index in [1.165, 1.54) is 16.4 Å². The van der Waals surface area contributed by atoms with E-state index >= 15 is 0 Å². The van der Waals surface area contributed by atoms with E-state index in [0.29, 0.717) is 18.0 Å². The lowest BCUT2D eigenvalue weighted by atomic mass is 9.95. The van der Waals surface area contributed by atoms with Crippen LogP contribution in [0.3, 0.4) is 0 Å². The van der Waals surface area contributed by atoms with Crippen LogP contribution >= 0.6 is 11.6 Å². The number of sulfonamides is 1. The van der Waals surface area contributed by atoms with Crippen molar-refractivity contribution >= 4 is 21.6 Å². The Morgan fingerprint density at radius 3 is 2.62 bits per heavy atom. The summed E-state index contributed by atoms with van der Waals surface area (Å²) in [4.78, 5) is 0.137. The Morgan fingerprint density at radius 1 is 1.38 bits per heavy atom. The zero-order chi connectivity index (χ0) is 15.8. The number of piperidine rings is 1. The molecule has 1 saturated heterocycles. The van der Waals surface area contributed by atoms with Crippen molar-refractivity contribution in [3.05, 3.63) is 29.1 Å². The van der Waals surface area contributed by atoms with Crippen LogP contribution in [-0.4, -0.2) is 25.3 Å². The van der Waals surface area contributed by atoms with Crippen LogP contribution in [0, 0.1) is 18.7 Å². The zero-order valence-electron chi connectivity index (χ0n) is 12.6. The number of halogens is 2. The fraction of sp³-hybridized carbons (Fsp3) is 0.600. The number of benzene rings is 1. The molecule has 0 aromatic heterocycles. The fourth-order valence-electron chi connectivity index (χ4n) is 2.93. The normalized spacial score (nSPS) is 24.2. The molecule has 2 rings (SSSR count). The molecule has 118 valence electrons. The molecule has 3 nitrogen and oxygen atoms in total. The van der Waals surface area contributed by atoms with E-state index < -0.39 is 15.8 Å². The fourth-order valence-corrected chi connectivity index (χ4v) is 4.92. The van der Waals surface area contributed by atoms with Crippen LogP contribution in [0.15, 0.2) is 17.0 Å². The molecule has 0 N–H and O–H groups in total. The van der Waals surface area contributed by atoms with Crippen molar-refractivity contribution < 1.29 is 12.8 Å². The minimum Gasteiger partial charge on any atom is -0.207 e. The first-order valence-corrected chi connectivity index (χ1v) is 9.11. The number of nitrogens with zero attached hydrogens (tertiary/aromatic N) is 1. The van der Waals surface area contributed by atoms with Crippen LogP contribution in [-0.2, 0) is 15.9 Å². The predicted octanol–water partition coefficient (Wildman–Crippen LogP) is 3.68. The molecule has 0 spiro atoms. The first-order chi connectivity index (χ1) is 9.77. The van der Waals surface area contributed by atoms with E-state index in [2.05, 4.69) is 6.92 Å². The zero-order valence-corrected chi connectivity index (χ0v) is 14.1. The third kappa shape index (κ3) is 3.25. The molecule has 1 aliphatic heterocycles. The van der Waals surface area contributed by atoms with Gasteiger partial charge in [-0.15, -0.1) is 11.6 Å². The highest BCUT2D eigenvalue weighted by Gasteiger charge is 2.33. The summed E-state index contributed by atoms with van der Waals surface area (Å²) in [6.45, 7) is 6.13.